The number of furan rings is 1. The van der Waals surface area contributed by atoms with Crippen molar-refractivity contribution in [1.29, 1.82) is 0 Å². The van der Waals surface area contributed by atoms with E-state index in [4.69, 9.17) is 14.7 Å². The molecule has 1 amide bonds. The highest BCUT2D eigenvalue weighted by molar-refractivity contribution is 7.98. The van der Waals surface area contributed by atoms with Gasteiger partial charge in [0.1, 0.15) is 12.0 Å². The molecule has 0 spiro atoms. The van der Waals surface area contributed by atoms with Gasteiger partial charge >= 0.3 is 5.91 Å². The largest absolute Gasteiger partial charge is 0.455 e. The van der Waals surface area contributed by atoms with Gasteiger partial charge in [0.25, 0.3) is 5.22 Å². The first-order valence-electron chi connectivity index (χ1n) is 4.41. The molecular formula is C9H9N3O3S. The number of rotatable bonds is 4. The molecule has 6 nitrogen and oxygen atoms in total. The summed E-state index contributed by atoms with van der Waals surface area (Å²) < 4.78 is 10.3. The van der Waals surface area contributed by atoms with Crippen LogP contribution in [0, 0.1) is 0 Å². The Kier molecular flexibility index (Phi) is 3.28. The van der Waals surface area contributed by atoms with Crippen molar-refractivity contribution in [3.63, 3.8) is 0 Å². The van der Waals surface area contributed by atoms with E-state index >= 15 is 0 Å². The minimum Gasteiger partial charge on any atom is -0.455 e. The Bertz CT molecular complexity index is 466. The molecule has 0 aliphatic heterocycles. The van der Waals surface area contributed by atoms with Crippen LogP contribution in [0.5, 0.6) is 0 Å². The Morgan fingerprint density at radius 1 is 1.56 bits per heavy atom. The van der Waals surface area contributed by atoms with Crippen molar-refractivity contribution in [2.24, 2.45) is 5.84 Å². The molecule has 3 N–H and O–H groups in total. The lowest BCUT2D eigenvalue weighted by Crippen LogP contribution is -2.29. The van der Waals surface area contributed by atoms with E-state index in [-0.39, 0.29) is 5.76 Å². The SMILES string of the molecule is NNC(=O)c1ccc(CSc2ncco2)o1. The van der Waals surface area contributed by atoms with E-state index in [0.29, 0.717) is 16.7 Å². The molecule has 0 fully saturated rings. The minimum atomic E-state index is -0.452. The van der Waals surface area contributed by atoms with E-state index in [1.165, 1.54) is 18.0 Å². The lowest BCUT2D eigenvalue weighted by molar-refractivity contribution is 0.0924. The molecule has 0 bridgehead atoms. The van der Waals surface area contributed by atoms with E-state index in [1.807, 2.05) is 5.43 Å². The monoisotopic (exact) mass is 239 g/mol. The summed E-state index contributed by atoms with van der Waals surface area (Å²) in [6.45, 7) is 0. The number of nitrogens with one attached hydrogen (secondary N) is 1. The number of nitrogen functional groups attached to an aromatic ring is 1. The van der Waals surface area contributed by atoms with Crippen LogP contribution in [0.4, 0.5) is 0 Å². The van der Waals surface area contributed by atoms with Crippen molar-refractivity contribution in [2.75, 3.05) is 0 Å². The Morgan fingerprint density at radius 3 is 3.12 bits per heavy atom. The van der Waals surface area contributed by atoms with Crippen molar-refractivity contribution in [1.82, 2.24) is 10.4 Å². The van der Waals surface area contributed by atoms with Gasteiger partial charge in [-0.05, 0) is 12.1 Å². The number of hydrogen-bond acceptors (Lipinski definition) is 6. The molecule has 2 aromatic heterocycles. The average Bonchev–Trinajstić information content (AvgIpc) is 2.96. The molecule has 84 valence electrons. The van der Waals surface area contributed by atoms with E-state index in [9.17, 15) is 4.79 Å². The van der Waals surface area contributed by atoms with Crippen LogP contribution in [0.1, 0.15) is 16.3 Å². The topological polar surface area (TPSA) is 94.3 Å². The maximum atomic E-state index is 11.1. The number of carbonyl (C=O) groups excluding carboxylic acids is 1. The highest BCUT2D eigenvalue weighted by Gasteiger charge is 2.10. The number of aromatic nitrogens is 1. The molecule has 0 saturated heterocycles. The summed E-state index contributed by atoms with van der Waals surface area (Å²) in [4.78, 5) is 15.0. The number of hydrazine groups is 1. The Labute approximate surface area is 95.2 Å². The molecule has 0 aliphatic carbocycles. The van der Waals surface area contributed by atoms with Crippen LogP contribution in [0.3, 0.4) is 0 Å². The van der Waals surface area contributed by atoms with Gasteiger partial charge in [-0.25, -0.2) is 10.8 Å². The van der Waals surface area contributed by atoms with Crippen LogP contribution < -0.4 is 11.3 Å². The summed E-state index contributed by atoms with van der Waals surface area (Å²) in [5.74, 6) is 5.90. The van der Waals surface area contributed by atoms with Gasteiger partial charge in [0.2, 0.25) is 0 Å². The van der Waals surface area contributed by atoms with Crippen LogP contribution in [0.25, 0.3) is 0 Å². The molecule has 0 aliphatic rings. The van der Waals surface area contributed by atoms with E-state index in [1.54, 1.807) is 18.3 Å². The number of amides is 1. The number of carbonyl (C=O) groups is 1. The molecule has 0 atom stereocenters. The van der Waals surface area contributed by atoms with E-state index < -0.39 is 5.91 Å². The molecule has 2 heterocycles. The molecule has 0 unspecified atom stereocenters. The van der Waals surface area contributed by atoms with Crippen LogP contribution >= 0.6 is 11.8 Å². The second-order valence-corrected chi connectivity index (χ2v) is 3.75. The first-order chi connectivity index (χ1) is 7.79. The fraction of sp³-hybridized carbons (Fsp3) is 0.111. The first kappa shape index (κ1) is 10.8. The van der Waals surface area contributed by atoms with Gasteiger partial charge in [-0.2, -0.15) is 0 Å². The lowest BCUT2D eigenvalue weighted by Gasteiger charge is -1.94. The minimum absolute atomic E-state index is 0.186. The maximum absolute atomic E-state index is 11.1. The number of nitrogens with zero attached hydrogens (tertiary/aromatic N) is 1. The second kappa shape index (κ2) is 4.86. The van der Waals surface area contributed by atoms with E-state index in [2.05, 4.69) is 4.98 Å². The predicted molar refractivity (Wildman–Crippen MR) is 56.4 cm³/mol. The molecule has 0 aromatic carbocycles. The van der Waals surface area contributed by atoms with Crippen LogP contribution in [0.15, 0.2) is 38.6 Å². The normalized spacial score (nSPS) is 10.3. The zero-order valence-corrected chi connectivity index (χ0v) is 8.99. The van der Waals surface area contributed by atoms with Crippen LogP contribution in [-0.2, 0) is 5.75 Å². The summed E-state index contributed by atoms with van der Waals surface area (Å²) in [5.41, 5.74) is 1.99. The highest BCUT2D eigenvalue weighted by Crippen LogP contribution is 2.21. The van der Waals surface area contributed by atoms with Crippen LogP contribution in [0.2, 0.25) is 0 Å². The standard InChI is InChI=1S/C9H9N3O3S/c10-12-8(13)7-2-1-6(15-7)5-16-9-11-3-4-14-9/h1-4H,5,10H2,(H,12,13). The molecule has 0 radical (unpaired) electrons. The number of oxazole rings is 1. The molecule has 2 aromatic rings. The van der Waals surface area contributed by atoms with Crippen molar-refractivity contribution in [3.8, 4) is 0 Å². The highest BCUT2D eigenvalue weighted by atomic mass is 32.2. The van der Waals surface area contributed by atoms with E-state index in [0.717, 1.165) is 0 Å². The van der Waals surface area contributed by atoms with Crippen molar-refractivity contribution in [3.05, 3.63) is 36.1 Å². The third-order valence-electron chi connectivity index (χ3n) is 1.76. The van der Waals surface area contributed by atoms with Gasteiger partial charge in [0.05, 0.1) is 11.9 Å². The predicted octanol–water partition coefficient (Wildman–Crippen LogP) is 1.16. The van der Waals surface area contributed by atoms with Gasteiger partial charge in [-0.15, -0.1) is 0 Å². The Morgan fingerprint density at radius 2 is 2.44 bits per heavy atom. The smallest absolute Gasteiger partial charge is 0.300 e. The molecular weight excluding hydrogens is 230 g/mol. The summed E-state index contributed by atoms with van der Waals surface area (Å²) in [6, 6.07) is 3.27. The van der Waals surface area contributed by atoms with Gasteiger partial charge in [0.15, 0.2) is 5.76 Å². The first-order valence-corrected chi connectivity index (χ1v) is 5.40. The number of thioether (sulfide) groups is 1. The summed E-state index contributed by atoms with van der Waals surface area (Å²) in [6.07, 6.45) is 3.07. The van der Waals surface area contributed by atoms with Gasteiger partial charge in [-0.1, -0.05) is 11.8 Å². The fourth-order valence-electron chi connectivity index (χ4n) is 1.06. The molecule has 2 rings (SSSR count). The summed E-state index contributed by atoms with van der Waals surface area (Å²) in [7, 11) is 0. The third-order valence-corrected chi connectivity index (χ3v) is 2.64. The van der Waals surface area contributed by atoms with Crippen molar-refractivity contribution >= 4 is 17.7 Å². The number of nitrogens with two attached hydrogens (primary N) is 1. The van der Waals surface area contributed by atoms with Crippen molar-refractivity contribution < 1.29 is 13.6 Å². The Hall–Kier alpha value is -1.73. The third kappa shape index (κ3) is 2.44. The zero-order valence-electron chi connectivity index (χ0n) is 8.17. The Balaban J connectivity index is 1.95. The second-order valence-electron chi connectivity index (χ2n) is 2.83. The summed E-state index contributed by atoms with van der Waals surface area (Å²) in [5, 5.41) is 0.557. The molecule has 16 heavy (non-hydrogen) atoms. The lowest BCUT2D eigenvalue weighted by atomic mass is 10.4. The molecule has 7 heteroatoms. The average molecular weight is 239 g/mol. The fourth-order valence-corrected chi connectivity index (χ4v) is 1.74. The molecule has 0 saturated carbocycles. The quantitative estimate of drug-likeness (QED) is 0.360. The van der Waals surface area contributed by atoms with Gasteiger partial charge in [-0.3, -0.25) is 10.2 Å². The van der Waals surface area contributed by atoms with Gasteiger partial charge in [0, 0.05) is 0 Å². The summed E-state index contributed by atoms with van der Waals surface area (Å²) >= 11 is 1.38. The van der Waals surface area contributed by atoms with Gasteiger partial charge < -0.3 is 8.83 Å². The maximum Gasteiger partial charge on any atom is 0.300 e. The van der Waals surface area contributed by atoms with Crippen molar-refractivity contribution in [2.45, 2.75) is 11.0 Å². The number of hydrogen-bond donors (Lipinski definition) is 2. The zero-order chi connectivity index (χ0) is 11.4. The van der Waals surface area contributed by atoms with Crippen LogP contribution in [-0.4, -0.2) is 10.9 Å².